The molecular formula is C12H22N2O. The van der Waals surface area contributed by atoms with Gasteiger partial charge in [-0.1, -0.05) is 6.08 Å². The van der Waals surface area contributed by atoms with E-state index in [1.165, 1.54) is 25.0 Å². The van der Waals surface area contributed by atoms with E-state index in [9.17, 15) is 0 Å². The van der Waals surface area contributed by atoms with Crippen LogP contribution in [0, 0.1) is 0 Å². The number of ether oxygens (including phenoxy) is 1. The Kier molecular flexibility index (Phi) is 4.18. The summed E-state index contributed by atoms with van der Waals surface area (Å²) in [4.78, 5) is 2.46. The van der Waals surface area contributed by atoms with Gasteiger partial charge in [0.05, 0.1) is 13.2 Å². The van der Waals surface area contributed by atoms with Crippen molar-refractivity contribution in [1.29, 1.82) is 0 Å². The third kappa shape index (κ3) is 3.30. The molecule has 2 rings (SSSR count). The molecule has 3 nitrogen and oxygen atoms in total. The van der Waals surface area contributed by atoms with Gasteiger partial charge < -0.3 is 15.0 Å². The van der Waals surface area contributed by atoms with Crippen LogP contribution in [0.4, 0.5) is 0 Å². The normalized spacial score (nSPS) is 28.1. The molecule has 2 heterocycles. The summed E-state index contributed by atoms with van der Waals surface area (Å²) < 4.78 is 5.41. The zero-order chi connectivity index (χ0) is 10.5. The number of nitrogens with one attached hydrogen (secondary N) is 1. The first-order valence-corrected chi connectivity index (χ1v) is 6.03. The summed E-state index contributed by atoms with van der Waals surface area (Å²) in [6.45, 7) is 5.11. The van der Waals surface area contributed by atoms with Gasteiger partial charge in [0.25, 0.3) is 0 Å². The molecule has 0 bridgehead atoms. The van der Waals surface area contributed by atoms with Gasteiger partial charge >= 0.3 is 0 Å². The van der Waals surface area contributed by atoms with Crippen molar-refractivity contribution in [2.75, 3.05) is 39.9 Å². The Hall–Kier alpha value is -0.380. The first kappa shape index (κ1) is 11.1. The van der Waals surface area contributed by atoms with Crippen LogP contribution in [0.25, 0.3) is 0 Å². The van der Waals surface area contributed by atoms with E-state index in [1.54, 1.807) is 0 Å². The molecule has 2 aliphatic rings. The highest BCUT2D eigenvalue weighted by Crippen LogP contribution is 2.13. The molecule has 0 aromatic heterocycles. The Balaban J connectivity index is 1.63. The summed E-state index contributed by atoms with van der Waals surface area (Å²) in [5.41, 5.74) is 1.42. The van der Waals surface area contributed by atoms with E-state index in [-0.39, 0.29) is 0 Å². The van der Waals surface area contributed by atoms with Gasteiger partial charge in [-0.2, -0.15) is 0 Å². The Morgan fingerprint density at radius 2 is 2.53 bits per heavy atom. The van der Waals surface area contributed by atoms with E-state index in [0.717, 1.165) is 38.8 Å². The molecule has 1 fully saturated rings. The summed E-state index contributed by atoms with van der Waals surface area (Å²) in [7, 11) is 2.22. The van der Waals surface area contributed by atoms with Crippen molar-refractivity contribution >= 4 is 0 Å². The lowest BCUT2D eigenvalue weighted by atomic mass is 10.2. The number of rotatable bonds is 4. The highest BCUT2D eigenvalue weighted by molar-refractivity contribution is 5.06. The smallest absolute Gasteiger partial charge is 0.0689 e. The number of hydrogen-bond acceptors (Lipinski definition) is 3. The van der Waals surface area contributed by atoms with E-state index in [0.29, 0.717) is 0 Å². The van der Waals surface area contributed by atoms with Crippen molar-refractivity contribution in [2.24, 2.45) is 0 Å². The topological polar surface area (TPSA) is 24.5 Å². The predicted molar refractivity (Wildman–Crippen MR) is 62.0 cm³/mol. The molecular weight excluding hydrogens is 188 g/mol. The fourth-order valence-corrected chi connectivity index (χ4v) is 2.37. The van der Waals surface area contributed by atoms with Gasteiger partial charge in [-0.25, -0.2) is 0 Å². The van der Waals surface area contributed by atoms with Gasteiger partial charge in [0, 0.05) is 19.1 Å². The number of likely N-dealkylation sites (tertiary alicyclic amines) is 1. The second kappa shape index (κ2) is 5.64. The van der Waals surface area contributed by atoms with Crippen LogP contribution in [0.5, 0.6) is 0 Å². The third-order valence-corrected chi connectivity index (χ3v) is 3.39. The minimum atomic E-state index is 0.745. The quantitative estimate of drug-likeness (QED) is 0.701. The molecule has 2 aliphatic heterocycles. The molecule has 1 saturated heterocycles. The van der Waals surface area contributed by atoms with Gasteiger partial charge in [0.1, 0.15) is 0 Å². The maximum Gasteiger partial charge on any atom is 0.0689 e. The van der Waals surface area contributed by atoms with Crippen LogP contribution >= 0.6 is 0 Å². The highest BCUT2D eigenvalue weighted by Gasteiger charge is 2.19. The summed E-state index contributed by atoms with van der Waals surface area (Å²) in [6.07, 6.45) is 6.10. The highest BCUT2D eigenvalue weighted by atomic mass is 16.5. The lowest BCUT2D eigenvalue weighted by molar-refractivity contribution is 0.148. The maximum absolute atomic E-state index is 5.41. The van der Waals surface area contributed by atoms with Crippen molar-refractivity contribution < 1.29 is 4.74 Å². The van der Waals surface area contributed by atoms with Crippen LogP contribution in [0.1, 0.15) is 19.3 Å². The van der Waals surface area contributed by atoms with E-state index in [4.69, 9.17) is 4.74 Å². The van der Waals surface area contributed by atoms with Crippen LogP contribution in [0.3, 0.4) is 0 Å². The lowest BCUT2D eigenvalue weighted by Gasteiger charge is -2.21. The fourth-order valence-electron chi connectivity index (χ4n) is 2.37. The van der Waals surface area contributed by atoms with Crippen LogP contribution in [0.15, 0.2) is 11.6 Å². The predicted octanol–water partition coefficient (Wildman–Crippen LogP) is 1.02. The SMILES string of the molecule is CN1CCCC1CNCC1=CCCOC1. The van der Waals surface area contributed by atoms with Crippen molar-refractivity contribution in [3.05, 3.63) is 11.6 Å². The summed E-state index contributed by atoms with van der Waals surface area (Å²) in [5.74, 6) is 0. The van der Waals surface area contributed by atoms with Crippen LogP contribution in [-0.2, 0) is 4.74 Å². The number of nitrogens with zero attached hydrogens (tertiary/aromatic N) is 1. The molecule has 3 heteroatoms. The Labute approximate surface area is 92.5 Å². The summed E-state index contributed by atoms with van der Waals surface area (Å²) in [6, 6.07) is 0.745. The third-order valence-electron chi connectivity index (χ3n) is 3.39. The van der Waals surface area contributed by atoms with E-state index >= 15 is 0 Å². The molecule has 1 atom stereocenters. The Morgan fingerprint density at radius 1 is 1.60 bits per heavy atom. The molecule has 0 spiro atoms. The zero-order valence-corrected chi connectivity index (χ0v) is 9.67. The van der Waals surface area contributed by atoms with Gasteiger partial charge in [-0.15, -0.1) is 0 Å². The lowest BCUT2D eigenvalue weighted by Crippen LogP contribution is -2.36. The maximum atomic E-state index is 5.41. The van der Waals surface area contributed by atoms with Crippen molar-refractivity contribution in [3.63, 3.8) is 0 Å². The van der Waals surface area contributed by atoms with Gasteiger partial charge in [0.15, 0.2) is 0 Å². The minimum Gasteiger partial charge on any atom is -0.377 e. The standard InChI is InChI=1S/C12H22N2O/c1-14-6-2-5-12(14)9-13-8-11-4-3-7-15-10-11/h4,12-13H,2-3,5-10H2,1H3. The minimum absolute atomic E-state index is 0.745. The second-order valence-electron chi connectivity index (χ2n) is 4.61. The van der Waals surface area contributed by atoms with Crippen molar-refractivity contribution in [2.45, 2.75) is 25.3 Å². The van der Waals surface area contributed by atoms with E-state index < -0.39 is 0 Å². The van der Waals surface area contributed by atoms with E-state index in [2.05, 4.69) is 23.3 Å². The first-order valence-electron chi connectivity index (χ1n) is 6.03. The second-order valence-corrected chi connectivity index (χ2v) is 4.61. The molecule has 86 valence electrons. The average molecular weight is 210 g/mol. The number of likely N-dealkylation sites (N-methyl/N-ethyl adjacent to an activating group) is 1. The molecule has 0 radical (unpaired) electrons. The van der Waals surface area contributed by atoms with Crippen LogP contribution in [-0.4, -0.2) is 50.8 Å². The van der Waals surface area contributed by atoms with Crippen LogP contribution < -0.4 is 5.32 Å². The molecule has 0 aromatic rings. The molecule has 0 amide bonds. The van der Waals surface area contributed by atoms with Crippen LogP contribution in [0.2, 0.25) is 0 Å². The zero-order valence-electron chi connectivity index (χ0n) is 9.67. The largest absolute Gasteiger partial charge is 0.377 e. The molecule has 15 heavy (non-hydrogen) atoms. The molecule has 1 N–H and O–H groups in total. The molecule has 0 aliphatic carbocycles. The summed E-state index contributed by atoms with van der Waals surface area (Å²) in [5, 5.41) is 3.54. The number of hydrogen-bond donors (Lipinski definition) is 1. The fraction of sp³-hybridized carbons (Fsp3) is 0.833. The Morgan fingerprint density at radius 3 is 3.20 bits per heavy atom. The molecule has 0 saturated carbocycles. The van der Waals surface area contributed by atoms with Gasteiger partial charge in [-0.05, 0) is 38.4 Å². The Bertz CT molecular complexity index is 228. The monoisotopic (exact) mass is 210 g/mol. The van der Waals surface area contributed by atoms with Crippen molar-refractivity contribution in [1.82, 2.24) is 10.2 Å². The average Bonchev–Trinajstić information content (AvgIpc) is 2.66. The van der Waals surface area contributed by atoms with Crippen molar-refractivity contribution in [3.8, 4) is 0 Å². The molecule has 1 unspecified atom stereocenters. The first-order chi connectivity index (χ1) is 7.36. The van der Waals surface area contributed by atoms with Gasteiger partial charge in [-0.3, -0.25) is 0 Å². The van der Waals surface area contributed by atoms with E-state index in [1.807, 2.05) is 0 Å². The summed E-state index contributed by atoms with van der Waals surface area (Å²) >= 11 is 0. The van der Waals surface area contributed by atoms with Gasteiger partial charge in [0.2, 0.25) is 0 Å². The molecule has 0 aromatic carbocycles.